The van der Waals surface area contributed by atoms with E-state index in [-0.39, 0.29) is 22.6 Å². The predicted molar refractivity (Wildman–Crippen MR) is 98.1 cm³/mol. The molecule has 2 aromatic rings. The summed E-state index contributed by atoms with van der Waals surface area (Å²) in [4.78, 5) is 18.6. The number of anilines is 1. The van der Waals surface area contributed by atoms with Gasteiger partial charge in [0.05, 0.1) is 10.6 Å². The molecule has 3 rings (SSSR count). The summed E-state index contributed by atoms with van der Waals surface area (Å²) >= 11 is 1.65. The summed E-state index contributed by atoms with van der Waals surface area (Å²) in [6, 6.07) is 8.47. The third kappa shape index (κ3) is 4.02. The first-order valence-electron chi connectivity index (χ1n) is 7.84. The predicted octanol–water partition coefficient (Wildman–Crippen LogP) is 2.41. The molecule has 132 valence electrons. The van der Waals surface area contributed by atoms with Crippen LogP contribution in [-0.4, -0.2) is 31.1 Å². The summed E-state index contributed by atoms with van der Waals surface area (Å²) in [6.45, 7) is 4.27. The third-order valence-corrected chi connectivity index (χ3v) is 6.42. The maximum Gasteiger partial charge on any atom is 0.240 e. The smallest absolute Gasteiger partial charge is 0.240 e. The Morgan fingerprint density at radius 2 is 2.20 bits per heavy atom. The fraction of sp³-hybridized carbons (Fsp3) is 0.294. The van der Waals surface area contributed by atoms with E-state index >= 15 is 0 Å². The molecule has 2 heterocycles. The Bertz CT molecular complexity index is 885. The Kier molecular flexibility index (Phi) is 5.12. The molecule has 1 N–H and O–H groups in total. The molecule has 1 aromatic heterocycles. The van der Waals surface area contributed by atoms with Crippen molar-refractivity contribution in [3.05, 3.63) is 48.3 Å². The average molecular weight is 377 g/mol. The molecule has 0 bridgehead atoms. The number of sulfonamides is 1. The van der Waals surface area contributed by atoms with Gasteiger partial charge >= 0.3 is 0 Å². The van der Waals surface area contributed by atoms with E-state index in [0.717, 1.165) is 10.5 Å². The van der Waals surface area contributed by atoms with Crippen LogP contribution in [-0.2, 0) is 21.4 Å². The van der Waals surface area contributed by atoms with Crippen molar-refractivity contribution in [1.82, 2.24) is 9.71 Å². The quantitative estimate of drug-likeness (QED) is 0.885. The highest BCUT2D eigenvalue weighted by Gasteiger charge is 2.27. The standard InChI is InChI=1S/C17H19N3O3S2/c1-12-11-20(13(2)21)16-8-15(5-6-17(16)24-12)25(22,23)19-10-14-4-3-7-18-9-14/h3-9,12,19H,10-11H2,1-2H3/t12-/m0/s1. The van der Waals surface area contributed by atoms with Crippen LogP contribution in [0.2, 0.25) is 0 Å². The van der Waals surface area contributed by atoms with Crippen LogP contribution in [0, 0.1) is 0 Å². The van der Waals surface area contributed by atoms with Gasteiger partial charge in [-0.3, -0.25) is 9.78 Å². The molecule has 1 atom stereocenters. The van der Waals surface area contributed by atoms with Crippen LogP contribution < -0.4 is 9.62 Å². The Morgan fingerprint density at radius 1 is 1.40 bits per heavy atom. The summed E-state index contributed by atoms with van der Waals surface area (Å²) in [5, 5.41) is 0.266. The number of benzene rings is 1. The van der Waals surface area contributed by atoms with E-state index in [9.17, 15) is 13.2 Å². The van der Waals surface area contributed by atoms with Crippen molar-refractivity contribution in [2.24, 2.45) is 0 Å². The van der Waals surface area contributed by atoms with Gasteiger partial charge in [0, 0.05) is 42.6 Å². The Hall–Kier alpha value is -1.90. The normalized spacial score (nSPS) is 17.2. The lowest BCUT2D eigenvalue weighted by atomic mass is 10.2. The van der Waals surface area contributed by atoms with E-state index in [4.69, 9.17) is 0 Å². The average Bonchev–Trinajstić information content (AvgIpc) is 2.59. The second-order valence-corrected chi connectivity index (χ2v) is 9.12. The highest BCUT2D eigenvalue weighted by molar-refractivity contribution is 8.00. The Morgan fingerprint density at radius 3 is 2.88 bits per heavy atom. The number of hydrogen-bond acceptors (Lipinski definition) is 5. The number of carbonyl (C=O) groups is 1. The van der Waals surface area contributed by atoms with Crippen LogP contribution in [0.1, 0.15) is 19.4 Å². The number of carbonyl (C=O) groups excluding carboxylic acids is 1. The first-order chi connectivity index (χ1) is 11.9. The molecule has 0 saturated heterocycles. The molecule has 6 nitrogen and oxygen atoms in total. The van der Waals surface area contributed by atoms with Crippen LogP contribution in [0.4, 0.5) is 5.69 Å². The maximum atomic E-state index is 12.6. The minimum absolute atomic E-state index is 0.0914. The van der Waals surface area contributed by atoms with Gasteiger partial charge in [-0.25, -0.2) is 13.1 Å². The van der Waals surface area contributed by atoms with Crippen molar-refractivity contribution < 1.29 is 13.2 Å². The molecular formula is C17H19N3O3S2. The third-order valence-electron chi connectivity index (χ3n) is 3.87. The van der Waals surface area contributed by atoms with Crippen molar-refractivity contribution >= 4 is 33.4 Å². The largest absolute Gasteiger partial charge is 0.310 e. The molecule has 0 spiro atoms. The van der Waals surface area contributed by atoms with Crippen LogP contribution in [0.3, 0.4) is 0 Å². The summed E-state index contributed by atoms with van der Waals surface area (Å²) < 4.78 is 27.8. The molecule has 0 radical (unpaired) electrons. The van der Waals surface area contributed by atoms with E-state index < -0.39 is 10.0 Å². The van der Waals surface area contributed by atoms with Crippen molar-refractivity contribution in [1.29, 1.82) is 0 Å². The number of hydrogen-bond donors (Lipinski definition) is 1. The highest BCUT2D eigenvalue weighted by atomic mass is 32.2. The van der Waals surface area contributed by atoms with Crippen LogP contribution in [0.25, 0.3) is 0 Å². The monoisotopic (exact) mass is 377 g/mol. The topological polar surface area (TPSA) is 79.4 Å². The highest BCUT2D eigenvalue weighted by Crippen LogP contribution is 2.39. The van der Waals surface area contributed by atoms with E-state index in [1.807, 2.05) is 6.92 Å². The first-order valence-corrected chi connectivity index (χ1v) is 10.2. The van der Waals surface area contributed by atoms with Gasteiger partial charge in [-0.1, -0.05) is 13.0 Å². The van der Waals surface area contributed by atoms with Gasteiger partial charge in [-0.15, -0.1) is 11.8 Å². The molecule has 1 aliphatic heterocycles. The zero-order chi connectivity index (χ0) is 18.0. The van der Waals surface area contributed by atoms with Crippen LogP contribution in [0.15, 0.2) is 52.5 Å². The van der Waals surface area contributed by atoms with Crippen LogP contribution >= 0.6 is 11.8 Å². The number of fused-ring (bicyclic) bond motifs is 1. The van der Waals surface area contributed by atoms with Crippen molar-refractivity contribution in [3.63, 3.8) is 0 Å². The summed E-state index contributed by atoms with van der Waals surface area (Å²) in [7, 11) is -3.68. The minimum Gasteiger partial charge on any atom is -0.310 e. The maximum absolute atomic E-state index is 12.6. The number of pyridine rings is 1. The molecule has 0 aliphatic carbocycles. The first kappa shape index (κ1) is 17.9. The zero-order valence-corrected chi connectivity index (χ0v) is 15.6. The SMILES string of the molecule is CC(=O)N1C[C@H](C)Sc2ccc(S(=O)(=O)NCc3cccnc3)cc21. The van der Waals surface area contributed by atoms with E-state index in [1.165, 1.54) is 6.92 Å². The molecule has 1 amide bonds. The minimum atomic E-state index is -3.68. The summed E-state index contributed by atoms with van der Waals surface area (Å²) in [5.41, 5.74) is 1.43. The van der Waals surface area contributed by atoms with Gasteiger partial charge in [0.15, 0.2) is 0 Å². The lowest BCUT2D eigenvalue weighted by molar-refractivity contribution is -0.116. The number of nitrogens with zero attached hydrogens (tertiary/aromatic N) is 2. The van der Waals surface area contributed by atoms with E-state index in [2.05, 4.69) is 9.71 Å². The number of nitrogens with one attached hydrogen (secondary N) is 1. The molecule has 8 heteroatoms. The van der Waals surface area contributed by atoms with Gasteiger partial charge < -0.3 is 4.90 Å². The number of thioether (sulfide) groups is 1. The molecule has 0 unspecified atom stereocenters. The lowest BCUT2D eigenvalue weighted by Crippen LogP contribution is -2.37. The number of amides is 1. The van der Waals surface area contributed by atoms with Gasteiger partial charge in [0.2, 0.25) is 15.9 Å². The van der Waals surface area contributed by atoms with E-state index in [1.54, 1.807) is 59.4 Å². The van der Waals surface area contributed by atoms with Crippen molar-refractivity contribution in [2.75, 3.05) is 11.4 Å². The fourth-order valence-corrected chi connectivity index (χ4v) is 4.78. The molecule has 25 heavy (non-hydrogen) atoms. The Labute approximate surface area is 151 Å². The van der Waals surface area contributed by atoms with Gasteiger partial charge in [0.1, 0.15) is 0 Å². The fourth-order valence-electron chi connectivity index (χ4n) is 2.65. The van der Waals surface area contributed by atoms with Gasteiger partial charge in [-0.05, 0) is 29.8 Å². The number of aromatic nitrogens is 1. The molecule has 1 aromatic carbocycles. The second kappa shape index (κ2) is 7.15. The van der Waals surface area contributed by atoms with Crippen LogP contribution in [0.5, 0.6) is 0 Å². The Balaban J connectivity index is 1.87. The van der Waals surface area contributed by atoms with Gasteiger partial charge in [0.25, 0.3) is 0 Å². The molecule has 1 aliphatic rings. The number of rotatable bonds is 4. The van der Waals surface area contributed by atoms with Gasteiger partial charge in [-0.2, -0.15) is 0 Å². The van der Waals surface area contributed by atoms with Crippen molar-refractivity contribution in [2.45, 2.75) is 35.4 Å². The summed E-state index contributed by atoms with van der Waals surface area (Å²) in [5.74, 6) is -0.0914. The molecule has 0 fully saturated rings. The second-order valence-electron chi connectivity index (χ2n) is 5.87. The zero-order valence-electron chi connectivity index (χ0n) is 14.0. The molecular weight excluding hydrogens is 358 g/mol. The molecule has 0 saturated carbocycles. The lowest BCUT2D eigenvalue weighted by Gasteiger charge is -2.32. The summed E-state index contributed by atoms with van der Waals surface area (Å²) in [6.07, 6.45) is 3.25. The van der Waals surface area contributed by atoms with E-state index in [0.29, 0.717) is 12.2 Å². The van der Waals surface area contributed by atoms with Crippen molar-refractivity contribution in [3.8, 4) is 0 Å².